The number of hydrogen-bond acceptors (Lipinski definition) is 2. The fourth-order valence-corrected chi connectivity index (χ4v) is 3.11. The predicted molar refractivity (Wildman–Crippen MR) is 69.3 cm³/mol. The van der Waals surface area contributed by atoms with Crippen LogP contribution in [0.3, 0.4) is 0 Å². The molecule has 102 valence electrons. The summed E-state index contributed by atoms with van der Waals surface area (Å²) in [6.45, 7) is 3.65. The third-order valence-electron chi connectivity index (χ3n) is 2.89. The molecule has 2 rings (SSSR count). The van der Waals surface area contributed by atoms with Crippen molar-refractivity contribution < 1.29 is 18.3 Å². The summed E-state index contributed by atoms with van der Waals surface area (Å²) in [7, 11) is 0. The number of aliphatic hydroxyl groups is 1. The van der Waals surface area contributed by atoms with Crippen molar-refractivity contribution >= 4 is 11.3 Å². The summed E-state index contributed by atoms with van der Waals surface area (Å²) in [5, 5.41) is 10.2. The molecule has 1 heterocycles. The van der Waals surface area contributed by atoms with Gasteiger partial charge in [0.25, 0.3) is 0 Å². The van der Waals surface area contributed by atoms with Crippen molar-refractivity contribution in [2.24, 2.45) is 0 Å². The zero-order chi connectivity index (χ0) is 14.2. The van der Waals surface area contributed by atoms with Crippen molar-refractivity contribution in [1.82, 2.24) is 0 Å². The van der Waals surface area contributed by atoms with Crippen LogP contribution < -0.4 is 0 Å². The van der Waals surface area contributed by atoms with Gasteiger partial charge in [0, 0.05) is 9.75 Å². The number of thiophene rings is 1. The van der Waals surface area contributed by atoms with Crippen molar-refractivity contribution in [3.05, 3.63) is 56.8 Å². The molecule has 0 saturated heterocycles. The van der Waals surface area contributed by atoms with Gasteiger partial charge in [-0.15, -0.1) is 11.3 Å². The van der Waals surface area contributed by atoms with Crippen molar-refractivity contribution in [3.8, 4) is 0 Å². The van der Waals surface area contributed by atoms with Crippen LogP contribution in [0.25, 0.3) is 0 Å². The Bertz CT molecular complexity index is 587. The number of halogens is 3. The first-order valence-electron chi connectivity index (χ1n) is 5.72. The van der Waals surface area contributed by atoms with Crippen LogP contribution in [0.4, 0.5) is 13.2 Å². The van der Waals surface area contributed by atoms with Crippen LogP contribution in [0.5, 0.6) is 0 Å². The van der Waals surface area contributed by atoms with Crippen LogP contribution in [0.1, 0.15) is 32.5 Å². The van der Waals surface area contributed by atoms with E-state index in [2.05, 4.69) is 0 Å². The molecule has 1 aromatic carbocycles. The topological polar surface area (TPSA) is 20.2 Å². The van der Waals surface area contributed by atoms with Crippen LogP contribution in [0.15, 0.2) is 30.3 Å². The summed E-state index contributed by atoms with van der Waals surface area (Å²) in [4.78, 5) is 1.53. The van der Waals surface area contributed by atoms with Crippen LogP contribution >= 0.6 is 11.3 Å². The van der Waals surface area contributed by atoms with Gasteiger partial charge in [0.05, 0.1) is 5.56 Å². The Morgan fingerprint density at radius 2 is 1.79 bits per heavy atom. The monoisotopic (exact) mass is 286 g/mol. The standard InChI is InChI=1S/C14H13F3OS/c1-8-7-9(2)19-13(8)12(18)10-5-3-4-6-11(10)14(15,16)17/h3-7,12,18H,1-2H3. The molecule has 1 N–H and O–H groups in total. The number of aliphatic hydroxyl groups excluding tert-OH is 1. The molecule has 19 heavy (non-hydrogen) atoms. The maximum atomic E-state index is 12.9. The molecule has 0 aliphatic carbocycles. The molecule has 1 unspecified atom stereocenters. The number of alkyl halides is 3. The summed E-state index contributed by atoms with van der Waals surface area (Å²) in [6, 6.07) is 7.00. The van der Waals surface area contributed by atoms with E-state index < -0.39 is 17.8 Å². The van der Waals surface area contributed by atoms with Gasteiger partial charge in [-0.2, -0.15) is 13.2 Å². The van der Waals surface area contributed by atoms with Crippen LogP contribution in [-0.2, 0) is 6.18 Å². The SMILES string of the molecule is Cc1cc(C)c(C(O)c2ccccc2C(F)(F)F)s1. The summed E-state index contributed by atoms with van der Waals surface area (Å²) in [6.07, 6.45) is -5.70. The van der Waals surface area contributed by atoms with E-state index in [0.717, 1.165) is 16.5 Å². The van der Waals surface area contributed by atoms with Gasteiger partial charge in [-0.05, 0) is 37.1 Å². The third kappa shape index (κ3) is 2.82. The van der Waals surface area contributed by atoms with Gasteiger partial charge in [0.15, 0.2) is 0 Å². The number of rotatable bonds is 2. The first-order valence-corrected chi connectivity index (χ1v) is 6.53. The van der Waals surface area contributed by atoms with E-state index in [-0.39, 0.29) is 5.56 Å². The van der Waals surface area contributed by atoms with Crippen molar-refractivity contribution in [3.63, 3.8) is 0 Å². The Hall–Kier alpha value is -1.33. The zero-order valence-electron chi connectivity index (χ0n) is 10.5. The molecular formula is C14H13F3OS. The number of hydrogen-bond donors (Lipinski definition) is 1. The molecule has 5 heteroatoms. The Kier molecular flexibility index (Phi) is 3.69. The predicted octanol–water partition coefficient (Wildman–Crippen LogP) is 4.47. The molecule has 1 atom stereocenters. The molecule has 0 saturated carbocycles. The minimum atomic E-state index is -4.46. The largest absolute Gasteiger partial charge is 0.416 e. The second-order valence-electron chi connectivity index (χ2n) is 4.39. The minimum absolute atomic E-state index is 0.0973. The molecule has 0 amide bonds. The lowest BCUT2D eigenvalue weighted by Gasteiger charge is -2.17. The molecular weight excluding hydrogens is 273 g/mol. The highest BCUT2D eigenvalue weighted by atomic mass is 32.1. The Morgan fingerprint density at radius 1 is 1.16 bits per heavy atom. The van der Waals surface area contributed by atoms with E-state index in [4.69, 9.17) is 0 Å². The lowest BCUT2D eigenvalue weighted by atomic mass is 9.99. The maximum Gasteiger partial charge on any atom is 0.416 e. The number of benzene rings is 1. The first kappa shape index (κ1) is 14.1. The summed E-state index contributed by atoms with van der Waals surface area (Å²) in [5.74, 6) is 0. The van der Waals surface area contributed by atoms with E-state index in [9.17, 15) is 18.3 Å². The normalized spacial score (nSPS) is 13.6. The molecule has 0 aliphatic rings. The third-order valence-corrected chi connectivity index (χ3v) is 4.09. The lowest BCUT2D eigenvalue weighted by molar-refractivity contribution is -0.139. The van der Waals surface area contributed by atoms with Crippen LogP contribution in [0, 0.1) is 13.8 Å². The Labute approximate surface area is 113 Å². The summed E-state index contributed by atoms with van der Waals surface area (Å²) < 4.78 is 38.8. The Morgan fingerprint density at radius 3 is 2.32 bits per heavy atom. The molecule has 0 spiro atoms. The van der Waals surface area contributed by atoms with Gasteiger partial charge in [0.2, 0.25) is 0 Å². The molecule has 0 bridgehead atoms. The van der Waals surface area contributed by atoms with E-state index in [1.54, 1.807) is 6.92 Å². The van der Waals surface area contributed by atoms with Gasteiger partial charge in [0.1, 0.15) is 6.10 Å². The fourth-order valence-electron chi connectivity index (χ4n) is 2.07. The van der Waals surface area contributed by atoms with Gasteiger partial charge < -0.3 is 5.11 Å². The molecule has 1 nitrogen and oxygen atoms in total. The summed E-state index contributed by atoms with van der Waals surface area (Å²) in [5.41, 5.74) is -0.0696. The highest BCUT2D eigenvalue weighted by Crippen LogP contribution is 2.39. The highest BCUT2D eigenvalue weighted by molar-refractivity contribution is 7.12. The second-order valence-corrected chi connectivity index (χ2v) is 5.68. The number of aryl methyl sites for hydroxylation is 2. The van der Waals surface area contributed by atoms with E-state index in [1.807, 2.05) is 13.0 Å². The lowest BCUT2D eigenvalue weighted by Crippen LogP contribution is -2.12. The van der Waals surface area contributed by atoms with E-state index in [1.165, 1.54) is 29.5 Å². The van der Waals surface area contributed by atoms with Crippen LogP contribution in [0.2, 0.25) is 0 Å². The van der Waals surface area contributed by atoms with Gasteiger partial charge in [-0.3, -0.25) is 0 Å². The smallest absolute Gasteiger partial charge is 0.383 e. The van der Waals surface area contributed by atoms with Gasteiger partial charge >= 0.3 is 6.18 Å². The van der Waals surface area contributed by atoms with Crippen molar-refractivity contribution in [2.75, 3.05) is 0 Å². The second kappa shape index (κ2) is 4.98. The summed E-state index contributed by atoms with van der Waals surface area (Å²) >= 11 is 1.32. The average Bonchev–Trinajstić information content (AvgIpc) is 2.66. The quantitative estimate of drug-likeness (QED) is 0.864. The first-order chi connectivity index (χ1) is 8.80. The van der Waals surface area contributed by atoms with Crippen molar-refractivity contribution in [1.29, 1.82) is 0 Å². The molecule has 0 radical (unpaired) electrons. The molecule has 1 aromatic heterocycles. The van der Waals surface area contributed by atoms with Gasteiger partial charge in [-0.1, -0.05) is 18.2 Å². The maximum absolute atomic E-state index is 12.9. The minimum Gasteiger partial charge on any atom is -0.383 e. The molecule has 0 fully saturated rings. The van der Waals surface area contributed by atoms with Gasteiger partial charge in [-0.25, -0.2) is 0 Å². The zero-order valence-corrected chi connectivity index (χ0v) is 11.3. The molecule has 2 aromatic rings. The highest BCUT2D eigenvalue weighted by Gasteiger charge is 2.35. The fraction of sp³-hybridized carbons (Fsp3) is 0.286. The van der Waals surface area contributed by atoms with Crippen LogP contribution in [-0.4, -0.2) is 5.11 Å². The molecule has 0 aliphatic heterocycles. The van der Waals surface area contributed by atoms with E-state index >= 15 is 0 Å². The Balaban J connectivity index is 2.50. The van der Waals surface area contributed by atoms with E-state index in [0.29, 0.717) is 4.88 Å². The van der Waals surface area contributed by atoms with Crippen molar-refractivity contribution in [2.45, 2.75) is 26.1 Å². The average molecular weight is 286 g/mol.